The van der Waals surface area contributed by atoms with Crippen LogP contribution < -0.4 is 4.74 Å². The molecule has 0 atom stereocenters. The van der Waals surface area contributed by atoms with Gasteiger partial charge in [0, 0.05) is 17.8 Å². The lowest BCUT2D eigenvalue weighted by Gasteiger charge is -2.21. The smallest absolute Gasteiger partial charge is 0.226 e. The zero-order valence-electron chi connectivity index (χ0n) is 14.3. The summed E-state index contributed by atoms with van der Waals surface area (Å²) in [6, 6.07) is 7.99. The van der Waals surface area contributed by atoms with Crippen LogP contribution in [-0.2, 0) is 17.9 Å². The van der Waals surface area contributed by atoms with E-state index in [1.807, 2.05) is 41.5 Å². The van der Waals surface area contributed by atoms with E-state index in [2.05, 4.69) is 11.9 Å². The summed E-state index contributed by atoms with van der Waals surface area (Å²) in [7, 11) is 0. The number of carbonyl (C=O) groups excluding carboxylic acids is 1. The number of amides is 1. The van der Waals surface area contributed by atoms with Gasteiger partial charge in [-0.05, 0) is 37.8 Å². The first kappa shape index (κ1) is 17.0. The van der Waals surface area contributed by atoms with Crippen LogP contribution >= 0.6 is 11.3 Å². The topological polar surface area (TPSA) is 42.4 Å². The summed E-state index contributed by atoms with van der Waals surface area (Å²) in [5.41, 5.74) is 2.09. The molecule has 1 aliphatic rings. The van der Waals surface area contributed by atoms with E-state index in [1.165, 1.54) is 0 Å². The molecule has 1 aliphatic carbocycles. The Morgan fingerprint density at radius 2 is 2.17 bits per heavy atom. The Balaban J connectivity index is 1.58. The van der Waals surface area contributed by atoms with Crippen LogP contribution in [0.15, 0.2) is 29.6 Å². The standard InChI is InChI=1S/C19H24N2O2S/c1-3-10-21(19(22)15-8-9-15)11-16-13-24-18(20-16)12-23-17-7-5-4-6-14(17)2/h4-7,13,15H,3,8-12H2,1-2H3. The van der Waals surface area contributed by atoms with E-state index >= 15 is 0 Å². The highest BCUT2D eigenvalue weighted by molar-refractivity contribution is 7.09. The number of hydrogen-bond acceptors (Lipinski definition) is 4. The van der Waals surface area contributed by atoms with Crippen molar-refractivity contribution in [3.05, 3.63) is 45.9 Å². The summed E-state index contributed by atoms with van der Waals surface area (Å²) in [5.74, 6) is 1.45. The Bertz CT molecular complexity index is 694. The highest BCUT2D eigenvalue weighted by Gasteiger charge is 2.33. The molecular weight excluding hydrogens is 320 g/mol. The van der Waals surface area contributed by atoms with Crippen molar-refractivity contribution in [3.63, 3.8) is 0 Å². The predicted molar refractivity (Wildman–Crippen MR) is 96.1 cm³/mol. The summed E-state index contributed by atoms with van der Waals surface area (Å²) < 4.78 is 5.85. The van der Waals surface area contributed by atoms with Crippen LogP contribution in [0.25, 0.3) is 0 Å². The molecule has 0 unspecified atom stereocenters. The van der Waals surface area contributed by atoms with Crippen LogP contribution in [0.5, 0.6) is 5.75 Å². The molecule has 0 spiro atoms. The van der Waals surface area contributed by atoms with Gasteiger partial charge in [-0.25, -0.2) is 4.98 Å². The lowest BCUT2D eigenvalue weighted by Crippen LogP contribution is -2.32. The highest BCUT2D eigenvalue weighted by atomic mass is 32.1. The summed E-state index contributed by atoms with van der Waals surface area (Å²) in [4.78, 5) is 18.9. The monoisotopic (exact) mass is 344 g/mol. The Morgan fingerprint density at radius 1 is 1.38 bits per heavy atom. The van der Waals surface area contributed by atoms with Gasteiger partial charge in [-0.1, -0.05) is 25.1 Å². The van der Waals surface area contributed by atoms with Gasteiger partial charge < -0.3 is 9.64 Å². The number of aryl methyl sites for hydroxylation is 1. The van der Waals surface area contributed by atoms with Gasteiger partial charge in [-0.3, -0.25) is 4.79 Å². The van der Waals surface area contributed by atoms with Crippen molar-refractivity contribution in [2.75, 3.05) is 6.54 Å². The van der Waals surface area contributed by atoms with Crippen molar-refractivity contribution in [2.45, 2.75) is 46.3 Å². The van der Waals surface area contributed by atoms with Crippen LogP contribution in [0.1, 0.15) is 42.5 Å². The maximum absolute atomic E-state index is 12.3. The Kier molecular flexibility index (Phi) is 5.51. The molecule has 3 rings (SSSR count). The lowest BCUT2D eigenvalue weighted by atomic mass is 10.2. The number of para-hydroxylation sites is 1. The van der Waals surface area contributed by atoms with Gasteiger partial charge in [0.15, 0.2) is 0 Å². The van der Waals surface area contributed by atoms with E-state index in [0.29, 0.717) is 19.1 Å². The fourth-order valence-electron chi connectivity index (χ4n) is 2.67. The van der Waals surface area contributed by atoms with E-state index in [-0.39, 0.29) is 5.92 Å². The van der Waals surface area contributed by atoms with Crippen LogP contribution in [0.2, 0.25) is 0 Å². The molecule has 24 heavy (non-hydrogen) atoms. The van der Waals surface area contributed by atoms with Gasteiger partial charge in [-0.2, -0.15) is 0 Å². The number of ether oxygens (including phenoxy) is 1. The second kappa shape index (κ2) is 7.79. The second-order valence-electron chi connectivity index (χ2n) is 6.32. The first-order valence-corrected chi connectivity index (χ1v) is 9.46. The van der Waals surface area contributed by atoms with Crippen LogP contribution in [0.3, 0.4) is 0 Å². The SMILES string of the molecule is CCCN(Cc1csc(COc2ccccc2C)n1)C(=O)C1CC1. The van der Waals surface area contributed by atoms with Gasteiger partial charge >= 0.3 is 0 Å². The van der Waals surface area contributed by atoms with Crippen molar-refractivity contribution in [2.24, 2.45) is 5.92 Å². The van der Waals surface area contributed by atoms with Crippen molar-refractivity contribution >= 4 is 17.2 Å². The molecule has 1 saturated carbocycles. The van der Waals surface area contributed by atoms with E-state index in [9.17, 15) is 4.79 Å². The minimum Gasteiger partial charge on any atom is -0.486 e. The summed E-state index contributed by atoms with van der Waals surface area (Å²) in [5, 5.41) is 2.99. The van der Waals surface area contributed by atoms with E-state index in [1.54, 1.807) is 11.3 Å². The molecular formula is C19H24N2O2S. The molecule has 0 N–H and O–H groups in total. The lowest BCUT2D eigenvalue weighted by molar-refractivity contribution is -0.133. The summed E-state index contributed by atoms with van der Waals surface area (Å²) in [6.07, 6.45) is 3.07. The fraction of sp³-hybridized carbons (Fsp3) is 0.474. The van der Waals surface area contributed by atoms with Crippen molar-refractivity contribution in [1.82, 2.24) is 9.88 Å². The highest BCUT2D eigenvalue weighted by Crippen LogP contribution is 2.31. The minimum atomic E-state index is 0.263. The number of rotatable bonds is 8. The number of nitrogens with zero attached hydrogens (tertiary/aromatic N) is 2. The maximum Gasteiger partial charge on any atom is 0.226 e. The quantitative estimate of drug-likeness (QED) is 0.721. The fourth-order valence-corrected chi connectivity index (χ4v) is 3.36. The van der Waals surface area contributed by atoms with Gasteiger partial charge in [0.1, 0.15) is 17.4 Å². The predicted octanol–water partition coefficient (Wildman–Crippen LogP) is 4.18. The third-order valence-electron chi connectivity index (χ3n) is 4.13. The number of hydrogen-bond donors (Lipinski definition) is 0. The first-order chi connectivity index (χ1) is 11.7. The average Bonchev–Trinajstić information content (AvgIpc) is 3.34. The number of aromatic nitrogens is 1. The van der Waals surface area contributed by atoms with E-state index < -0.39 is 0 Å². The maximum atomic E-state index is 12.3. The summed E-state index contributed by atoms with van der Waals surface area (Å²) in [6.45, 7) is 6.04. The van der Waals surface area contributed by atoms with Crippen LogP contribution in [0, 0.1) is 12.8 Å². The van der Waals surface area contributed by atoms with Gasteiger partial charge in [-0.15, -0.1) is 11.3 Å². The molecule has 0 bridgehead atoms. The molecule has 1 heterocycles. The molecule has 0 aliphatic heterocycles. The third-order valence-corrected chi connectivity index (χ3v) is 5.00. The Labute approximate surface area is 147 Å². The van der Waals surface area contributed by atoms with Crippen molar-refractivity contribution in [1.29, 1.82) is 0 Å². The van der Waals surface area contributed by atoms with Crippen LogP contribution in [0.4, 0.5) is 0 Å². The van der Waals surface area contributed by atoms with Gasteiger partial charge in [0.25, 0.3) is 0 Å². The molecule has 128 valence electrons. The van der Waals surface area contributed by atoms with Crippen LogP contribution in [-0.4, -0.2) is 22.3 Å². The molecule has 1 amide bonds. The molecule has 0 saturated heterocycles. The van der Waals surface area contributed by atoms with E-state index in [0.717, 1.165) is 47.8 Å². The second-order valence-corrected chi connectivity index (χ2v) is 7.26. The number of carbonyl (C=O) groups is 1. The number of benzene rings is 1. The summed E-state index contributed by atoms with van der Waals surface area (Å²) >= 11 is 1.60. The molecule has 0 radical (unpaired) electrons. The zero-order chi connectivity index (χ0) is 16.9. The molecule has 5 heteroatoms. The minimum absolute atomic E-state index is 0.263. The zero-order valence-corrected chi connectivity index (χ0v) is 15.1. The van der Waals surface area contributed by atoms with Crippen molar-refractivity contribution in [3.8, 4) is 5.75 Å². The first-order valence-electron chi connectivity index (χ1n) is 8.58. The third kappa shape index (κ3) is 4.35. The average molecular weight is 344 g/mol. The van der Waals surface area contributed by atoms with E-state index in [4.69, 9.17) is 4.74 Å². The number of thiazole rings is 1. The van der Waals surface area contributed by atoms with Gasteiger partial charge in [0.2, 0.25) is 5.91 Å². The molecule has 1 fully saturated rings. The molecule has 2 aromatic rings. The normalized spacial score (nSPS) is 13.8. The molecule has 1 aromatic heterocycles. The van der Waals surface area contributed by atoms with Crippen molar-refractivity contribution < 1.29 is 9.53 Å². The largest absolute Gasteiger partial charge is 0.486 e. The molecule has 4 nitrogen and oxygen atoms in total. The molecule has 1 aromatic carbocycles. The Hall–Kier alpha value is -1.88. The Morgan fingerprint density at radius 3 is 2.88 bits per heavy atom. The van der Waals surface area contributed by atoms with Gasteiger partial charge in [0.05, 0.1) is 12.2 Å².